The van der Waals surface area contributed by atoms with E-state index in [1.807, 2.05) is 0 Å². The first-order chi connectivity index (χ1) is 8.82. The first kappa shape index (κ1) is 13.6. The van der Waals surface area contributed by atoms with E-state index in [0.29, 0.717) is 16.6 Å². The largest absolute Gasteiger partial charge is 0.350 e. The monoisotopic (exact) mass is 282 g/mol. The van der Waals surface area contributed by atoms with E-state index in [1.54, 1.807) is 12.1 Å². The molecule has 2 rings (SSSR count). The van der Waals surface area contributed by atoms with Crippen molar-refractivity contribution in [3.8, 4) is 0 Å². The van der Waals surface area contributed by atoms with Crippen LogP contribution in [0, 0.1) is 0 Å². The van der Waals surface area contributed by atoms with Gasteiger partial charge in [0.1, 0.15) is 5.69 Å². The van der Waals surface area contributed by atoms with Crippen molar-refractivity contribution in [2.24, 2.45) is 0 Å². The second kappa shape index (κ2) is 4.67. The molecule has 0 unspecified atom stereocenters. The third-order valence-electron chi connectivity index (χ3n) is 2.81. The molecule has 0 bridgehead atoms. The quantitative estimate of drug-likeness (QED) is 0.858. The number of H-pyrrole nitrogens is 1. The normalized spacial score (nSPS) is 11.7. The molecule has 1 aromatic heterocycles. The van der Waals surface area contributed by atoms with Gasteiger partial charge in [-0.3, -0.25) is 9.63 Å². The number of hydrogen-bond donors (Lipinski definition) is 1. The molecule has 0 fully saturated rings. The van der Waals surface area contributed by atoms with Crippen LogP contribution >= 0.6 is 0 Å². The zero-order valence-corrected chi connectivity index (χ0v) is 11.6. The lowest BCUT2D eigenvalue weighted by atomic mass is 10.2. The Balaban J connectivity index is 2.50. The van der Waals surface area contributed by atoms with Gasteiger partial charge in [-0.2, -0.15) is 0 Å². The maximum Gasteiger partial charge on any atom is 0.293 e. The van der Waals surface area contributed by atoms with Crippen LogP contribution in [0.5, 0.6) is 0 Å². The van der Waals surface area contributed by atoms with Crippen molar-refractivity contribution >= 4 is 26.6 Å². The van der Waals surface area contributed by atoms with Crippen LogP contribution in [-0.4, -0.2) is 44.8 Å². The van der Waals surface area contributed by atoms with E-state index in [4.69, 9.17) is 4.84 Å². The Kier molecular flexibility index (Phi) is 3.34. The van der Waals surface area contributed by atoms with Crippen molar-refractivity contribution in [1.82, 2.24) is 10.0 Å². The third-order valence-corrected chi connectivity index (χ3v) is 3.92. The summed E-state index contributed by atoms with van der Waals surface area (Å²) in [4.78, 5) is 19.8. The Morgan fingerprint density at radius 2 is 2.00 bits per heavy atom. The minimum atomic E-state index is -3.26. The average molecular weight is 282 g/mol. The number of sulfone groups is 1. The van der Waals surface area contributed by atoms with Crippen LogP contribution in [0.2, 0.25) is 0 Å². The fourth-order valence-electron chi connectivity index (χ4n) is 1.71. The topological polar surface area (TPSA) is 79.5 Å². The lowest BCUT2D eigenvalue weighted by molar-refractivity contribution is -0.0759. The minimum Gasteiger partial charge on any atom is -0.350 e. The van der Waals surface area contributed by atoms with Crippen molar-refractivity contribution in [3.63, 3.8) is 0 Å². The molecule has 1 N–H and O–H groups in total. The Morgan fingerprint density at radius 3 is 2.58 bits per heavy atom. The number of carbonyl (C=O) groups excluding carboxylic acids is 1. The van der Waals surface area contributed by atoms with Gasteiger partial charge in [-0.1, -0.05) is 0 Å². The number of carbonyl (C=O) groups is 1. The second-order valence-corrected chi connectivity index (χ2v) is 6.21. The molecule has 0 atom stereocenters. The summed E-state index contributed by atoms with van der Waals surface area (Å²) in [7, 11) is -0.373. The highest BCUT2D eigenvalue weighted by Gasteiger charge is 2.15. The number of rotatable bonds is 3. The first-order valence-electron chi connectivity index (χ1n) is 5.48. The van der Waals surface area contributed by atoms with E-state index in [-0.39, 0.29) is 10.8 Å². The maximum absolute atomic E-state index is 11.9. The molecule has 0 aliphatic rings. The summed E-state index contributed by atoms with van der Waals surface area (Å²) in [5, 5.41) is 1.75. The van der Waals surface area contributed by atoms with E-state index in [1.165, 1.54) is 26.3 Å². The average Bonchev–Trinajstić information content (AvgIpc) is 2.78. The molecule has 1 heterocycles. The molecule has 102 valence electrons. The minimum absolute atomic E-state index is 0.220. The van der Waals surface area contributed by atoms with Crippen LogP contribution in [0.1, 0.15) is 10.5 Å². The molecule has 1 amide bonds. The van der Waals surface area contributed by atoms with Gasteiger partial charge in [0.05, 0.1) is 12.0 Å². The number of aromatic amines is 1. The first-order valence-corrected chi connectivity index (χ1v) is 7.37. The van der Waals surface area contributed by atoms with Crippen molar-refractivity contribution in [1.29, 1.82) is 0 Å². The predicted molar refractivity (Wildman–Crippen MR) is 70.5 cm³/mol. The molecule has 6 nitrogen and oxygen atoms in total. The van der Waals surface area contributed by atoms with Gasteiger partial charge in [0, 0.05) is 24.2 Å². The lowest BCUT2D eigenvalue weighted by Gasteiger charge is -2.11. The summed E-state index contributed by atoms with van der Waals surface area (Å²) >= 11 is 0. The Hall–Kier alpha value is -1.86. The molecular weight excluding hydrogens is 268 g/mol. The molecule has 0 aliphatic carbocycles. The lowest BCUT2D eigenvalue weighted by Crippen LogP contribution is -2.25. The molecular formula is C12H14N2O4S. The molecule has 19 heavy (non-hydrogen) atoms. The Morgan fingerprint density at radius 1 is 1.32 bits per heavy atom. The molecule has 7 heteroatoms. The molecule has 0 aliphatic heterocycles. The highest BCUT2D eigenvalue weighted by molar-refractivity contribution is 7.90. The number of fused-ring (bicyclic) bond motifs is 1. The van der Waals surface area contributed by atoms with Crippen LogP contribution in [0.25, 0.3) is 10.9 Å². The molecule has 0 saturated carbocycles. The van der Waals surface area contributed by atoms with Crippen molar-refractivity contribution in [2.75, 3.05) is 20.4 Å². The van der Waals surface area contributed by atoms with Crippen LogP contribution in [0.15, 0.2) is 29.2 Å². The van der Waals surface area contributed by atoms with E-state index in [9.17, 15) is 13.2 Å². The number of nitrogens with zero attached hydrogens (tertiary/aromatic N) is 1. The highest BCUT2D eigenvalue weighted by Crippen LogP contribution is 2.20. The van der Waals surface area contributed by atoms with Crippen LogP contribution in [0.3, 0.4) is 0 Å². The summed E-state index contributed by atoms with van der Waals surface area (Å²) in [5.74, 6) is -0.334. The maximum atomic E-state index is 11.9. The molecule has 1 aromatic carbocycles. The highest BCUT2D eigenvalue weighted by atomic mass is 32.2. The smallest absolute Gasteiger partial charge is 0.293 e. The number of amides is 1. The van der Waals surface area contributed by atoms with Crippen LogP contribution in [-0.2, 0) is 14.7 Å². The third kappa shape index (κ3) is 2.61. The van der Waals surface area contributed by atoms with Crippen LogP contribution < -0.4 is 0 Å². The van der Waals surface area contributed by atoms with Gasteiger partial charge in [-0.15, -0.1) is 0 Å². The summed E-state index contributed by atoms with van der Waals surface area (Å²) in [6.45, 7) is 0. The van der Waals surface area contributed by atoms with Gasteiger partial charge in [-0.05, 0) is 24.3 Å². The van der Waals surface area contributed by atoms with Gasteiger partial charge in [-0.25, -0.2) is 13.5 Å². The van der Waals surface area contributed by atoms with Gasteiger partial charge < -0.3 is 4.98 Å². The molecule has 0 spiro atoms. The zero-order chi connectivity index (χ0) is 14.2. The van der Waals surface area contributed by atoms with Crippen molar-refractivity contribution < 1.29 is 18.0 Å². The Bertz CT molecular complexity index is 733. The second-order valence-electron chi connectivity index (χ2n) is 4.19. The van der Waals surface area contributed by atoms with Crippen LogP contribution in [0.4, 0.5) is 0 Å². The van der Waals surface area contributed by atoms with Gasteiger partial charge in [0.2, 0.25) is 0 Å². The van der Waals surface area contributed by atoms with E-state index in [0.717, 1.165) is 11.3 Å². The Labute approximate surface area is 110 Å². The number of hydroxylamine groups is 2. The summed E-state index contributed by atoms with van der Waals surface area (Å²) in [6.07, 6.45) is 1.14. The van der Waals surface area contributed by atoms with Crippen molar-refractivity contribution in [2.45, 2.75) is 4.90 Å². The van der Waals surface area contributed by atoms with Gasteiger partial charge >= 0.3 is 0 Å². The number of benzene rings is 1. The van der Waals surface area contributed by atoms with Gasteiger partial charge in [0.25, 0.3) is 5.91 Å². The van der Waals surface area contributed by atoms with Gasteiger partial charge in [0.15, 0.2) is 9.84 Å². The number of hydrogen-bond acceptors (Lipinski definition) is 4. The molecule has 0 saturated heterocycles. The summed E-state index contributed by atoms with van der Waals surface area (Å²) in [5.41, 5.74) is 1.03. The number of aromatic nitrogens is 1. The SMILES string of the molecule is CON(C)C(=O)c1cc2cc(S(C)(=O)=O)ccc2[nH]1. The molecule has 0 radical (unpaired) electrons. The predicted octanol–water partition coefficient (Wildman–Crippen LogP) is 1.20. The fraction of sp³-hybridized carbons (Fsp3) is 0.250. The standard InChI is InChI=1S/C12H14N2O4S/c1-14(18-2)12(15)11-7-8-6-9(19(3,16)17)4-5-10(8)13-11/h4-7,13H,1-3H3. The fourth-order valence-corrected chi connectivity index (χ4v) is 2.37. The summed E-state index contributed by atoms with van der Waals surface area (Å²) < 4.78 is 22.9. The van der Waals surface area contributed by atoms with E-state index in [2.05, 4.69) is 4.98 Å². The summed E-state index contributed by atoms with van der Waals surface area (Å²) in [6, 6.07) is 6.27. The van der Waals surface area contributed by atoms with Crippen molar-refractivity contribution in [3.05, 3.63) is 30.0 Å². The van der Waals surface area contributed by atoms with E-state index >= 15 is 0 Å². The number of nitrogens with one attached hydrogen (secondary N) is 1. The van der Waals surface area contributed by atoms with E-state index < -0.39 is 9.84 Å². The zero-order valence-electron chi connectivity index (χ0n) is 10.8. The molecule has 2 aromatic rings.